The normalized spacial score (nSPS) is 10.4. The van der Waals surface area contributed by atoms with Gasteiger partial charge in [-0.3, -0.25) is 4.79 Å². The van der Waals surface area contributed by atoms with E-state index in [1.807, 2.05) is 0 Å². The van der Waals surface area contributed by atoms with E-state index in [2.05, 4.69) is 26.1 Å². The number of aromatic nitrogens is 2. The van der Waals surface area contributed by atoms with Crippen LogP contribution in [0.4, 0.5) is 0 Å². The van der Waals surface area contributed by atoms with Crippen molar-refractivity contribution in [3.63, 3.8) is 0 Å². The lowest BCUT2D eigenvalue weighted by Crippen LogP contribution is -1.97. The summed E-state index contributed by atoms with van der Waals surface area (Å²) in [5.41, 5.74) is 0.738. The molecule has 0 amide bonds. The number of methoxy groups -OCH3 is 1. The molecule has 19 heavy (non-hydrogen) atoms. The molecular formula is C12H11BrN2O4. The molecule has 1 heterocycles. The summed E-state index contributed by atoms with van der Waals surface area (Å²) >= 11 is 3.37. The van der Waals surface area contributed by atoms with Gasteiger partial charge in [-0.1, -0.05) is 0 Å². The molecule has 1 N–H and O–H groups in total. The van der Waals surface area contributed by atoms with Crippen LogP contribution in [0.5, 0.6) is 5.75 Å². The molecular weight excluding hydrogens is 316 g/mol. The smallest absolute Gasteiger partial charge is 0.303 e. The van der Waals surface area contributed by atoms with E-state index in [9.17, 15) is 4.79 Å². The zero-order chi connectivity index (χ0) is 13.8. The Morgan fingerprint density at radius 2 is 2.26 bits per heavy atom. The van der Waals surface area contributed by atoms with Crippen molar-refractivity contribution in [2.75, 3.05) is 7.11 Å². The van der Waals surface area contributed by atoms with Gasteiger partial charge >= 0.3 is 5.97 Å². The van der Waals surface area contributed by atoms with E-state index in [-0.39, 0.29) is 12.8 Å². The van der Waals surface area contributed by atoms with Gasteiger partial charge in [0.15, 0.2) is 0 Å². The summed E-state index contributed by atoms with van der Waals surface area (Å²) in [6.45, 7) is 0. The van der Waals surface area contributed by atoms with Crippen LogP contribution in [0, 0.1) is 0 Å². The Morgan fingerprint density at radius 3 is 2.89 bits per heavy atom. The third-order valence-corrected chi connectivity index (χ3v) is 3.04. The Bertz CT molecular complexity index is 597. The second kappa shape index (κ2) is 5.83. The number of ether oxygens (including phenoxy) is 1. The molecule has 0 radical (unpaired) electrons. The van der Waals surface area contributed by atoms with E-state index in [0.29, 0.717) is 17.5 Å². The standard InChI is InChI=1S/C12H11BrN2O4/c1-18-9-3-2-7(6-8(9)13)12-15-14-10(19-12)4-5-11(16)17/h2-3,6H,4-5H2,1H3,(H,16,17). The number of rotatable bonds is 5. The molecule has 2 rings (SSSR count). The van der Waals surface area contributed by atoms with Crippen LogP contribution in [0.1, 0.15) is 12.3 Å². The largest absolute Gasteiger partial charge is 0.496 e. The first-order chi connectivity index (χ1) is 9.10. The number of hydrogen-bond donors (Lipinski definition) is 1. The molecule has 6 nitrogen and oxygen atoms in total. The fourth-order valence-corrected chi connectivity index (χ4v) is 2.03. The molecule has 0 aliphatic rings. The molecule has 1 aromatic heterocycles. The monoisotopic (exact) mass is 326 g/mol. The highest BCUT2D eigenvalue weighted by molar-refractivity contribution is 9.10. The number of carbonyl (C=O) groups is 1. The lowest BCUT2D eigenvalue weighted by atomic mass is 10.2. The maximum Gasteiger partial charge on any atom is 0.303 e. The lowest BCUT2D eigenvalue weighted by molar-refractivity contribution is -0.137. The molecule has 100 valence electrons. The van der Waals surface area contributed by atoms with Crippen LogP contribution in [-0.4, -0.2) is 28.4 Å². The second-order valence-electron chi connectivity index (χ2n) is 3.74. The summed E-state index contributed by atoms with van der Waals surface area (Å²) in [7, 11) is 1.58. The molecule has 0 aliphatic carbocycles. The van der Waals surface area contributed by atoms with Crippen molar-refractivity contribution in [3.05, 3.63) is 28.6 Å². The van der Waals surface area contributed by atoms with Crippen LogP contribution in [0.2, 0.25) is 0 Å². The third kappa shape index (κ3) is 3.31. The van der Waals surface area contributed by atoms with Crippen molar-refractivity contribution in [1.29, 1.82) is 0 Å². The van der Waals surface area contributed by atoms with Crippen LogP contribution in [-0.2, 0) is 11.2 Å². The Balaban J connectivity index is 2.18. The van der Waals surface area contributed by atoms with Gasteiger partial charge in [-0.2, -0.15) is 0 Å². The van der Waals surface area contributed by atoms with Gasteiger partial charge in [0.25, 0.3) is 0 Å². The van der Waals surface area contributed by atoms with Gasteiger partial charge in [0.1, 0.15) is 5.75 Å². The zero-order valence-electron chi connectivity index (χ0n) is 10.1. The van der Waals surface area contributed by atoms with Gasteiger partial charge in [-0.25, -0.2) is 0 Å². The molecule has 0 fully saturated rings. The predicted octanol–water partition coefficient (Wildman–Crippen LogP) is 2.52. The molecule has 0 saturated heterocycles. The molecule has 0 spiro atoms. The van der Waals surface area contributed by atoms with E-state index < -0.39 is 5.97 Å². The number of halogens is 1. The molecule has 0 aliphatic heterocycles. The number of aliphatic carboxylic acids is 1. The van der Waals surface area contributed by atoms with Crippen LogP contribution < -0.4 is 4.74 Å². The third-order valence-electron chi connectivity index (χ3n) is 2.42. The molecule has 0 unspecified atom stereocenters. The van der Waals surface area contributed by atoms with Gasteiger partial charge in [-0.05, 0) is 34.1 Å². The Kier molecular flexibility index (Phi) is 4.16. The highest BCUT2D eigenvalue weighted by Gasteiger charge is 2.11. The molecule has 7 heteroatoms. The van der Waals surface area contributed by atoms with E-state index in [4.69, 9.17) is 14.3 Å². The van der Waals surface area contributed by atoms with E-state index in [1.54, 1.807) is 25.3 Å². The summed E-state index contributed by atoms with van der Waals surface area (Å²) in [6.07, 6.45) is 0.188. The number of carboxylic acids is 1. The van der Waals surface area contributed by atoms with Crippen LogP contribution in [0.3, 0.4) is 0 Å². The SMILES string of the molecule is COc1ccc(-c2nnc(CCC(=O)O)o2)cc1Br. The number of nitrogens with zero attached hydrogens (tertiary/aromatic N) is 2. The minimum Gasteiger partial charge on any atom is -0.496 e. The molecule has 0 atom stereocenters. The van der Waals surface area contributed by atoms with Gasteiger partial charge in [0.05, 0.1) is 18.0 Å². The second-order valence-corrected chi connectivity index (χ2v) is 4.60. The zero-order valence-corrected chi connectivity index (χ0v) is 11.7. The van der Waals surface area contributed by atoms with E-state index in [0.717, 1.165) is 10.0 Å². The van der Waals surface area contributed by atoms with Crippen molar-refractivity contribution >= 4 is 21.9 Å². The van der Waals surface area contributed by atoms with E-state index >= 15 is 0 Å². The number of hydrogen-bond acceptors (Lipinski definition) is 5. The maximum atomic E-state index is 10.5. The first kappa shape index (κ1) is 13.5. The van der Waals surface area contributed by atoms with Crippen LogP contribution in [0.25, 0.3) is 11.5 Å². The van der Waals surface area contributed by atoms with Crippen molar-refractivity contribution in [3.8, 4) is 17.2 Å². The first-order valence-corrected chi connectivity index (χ1v) is 6.27. The number of aryl methyl sites for hydroxylation is 1. The van der Waals surface area contributed by atoms with E-state index in [1.165, 1.54) is 0 Å². The minimum absolute atomic E-state index is 0.0338. The van der Waals surface area contributed by atoms with Crippen LogP contribution >= 0.6 is 15.9 Å². The summed E-state index contributed by atoms with van der Waals surface area (Å²) in [4.78, 5) is 10.5. The number of carboxylic acid groups (broad SMARTS) is 1. The number of benzene rings is 1. The minimum atomic E-state index is -0.896. The highest BCUT2D eigenvalue weighted by atomic mass is 79.9. The summed E-state index contributed by atoms with van der Waals surface area (Å²) in [5, 5.41) is 16.3. The van der Waals surface area contributed by atoms with Crippen molar-refractivity contribution in [2.45, 2.75) is 12.8 Å². The van der Waals surface area contributed by atoms with Crippen LogP contribution in [0.15, 0.2) is 27.1 Å². The summed E-state index contributed by atoms with van der Waals surface area (Å²) in [5.74, 6) is 0.467. The average molecular weight is 327 g/mol. The quantitative estimate of drug-likeness (QED) is 0.908. The average Bonchev–Trinajstić information content (AvgIpc) is 2.85. The van der Waals surface area contributed by atoms with Gasteiger partial charge in [0, 0.05) is 12.0 Å². The molecule has 2 aromatic rings. The first-order valence-electron chi connectivity index (χ1n) is 5.48. The molecule has 1 aromatic carbocycles. The summed E-state index contributed by atoms with van der Waals surface area (Å²) < 4.78 is 11.3. The van der Waals surface area contributed by atoms with Crippen molar-refractivity contribution in [2.24, 2.45) is 0 Å². The molecule has 0 saturated carbocycles. The Hall–Kier alpha value is -1.89. The maximum absolute atomic E-state index is 10.5. The fourth-order valence-electron chi connectivity index (χ4n) is 1.48. The van der Waals surface area contributed by atoms with Crippen molar-refractivity contribution < 1.29 is 19.1 Å². The van der Waals surface area contributed by atoms with Gasteiger partial charge in [0.2, 0.25) is 11.8 Å². The lowest BCUT2D eigenvalue weighted by Gasteiger charge is -2.03. The highest BCUT2D eigenvalue weighted by Crippen LogP contribution is 2.29. The molecule has 0 bridgehead atoms. The Morgan fingerprint density at radius 1 is 1.47 bits per heavy atom. The van der Waals surface area contributed by atoms with Crippen molar-refractivity contribution in [1.82, 2.24) is 10.2 Å². The summed E-state index contributed by atoms with van der Waals surface area (Å²) in [6, 6.07) is 5.37. The fraction of sp³-hybridized carbons (Fsp3) is 0.250. The topological polar surface area (TPSA) is 85.5 Å². The Labute approximate surface area is 117 Å². The van der Waals surface area contributed by atoms with Gasteiger partial charge < -0.3 is 14.3 Å². The van der Waals surface area contributed by atoms with Gasteiger partial charge in [-0.15, -0.1) is 10.2 Å². The predicted molar refractivity (Wildman–Crippen MR) is 69.9 cm³/mol.